The first-order valence-corrected chi connectivity index (χ1v) is 6.75. The molecule has 0 aromatic carbocycles. The largest absolute Gasteiger partial charge is 0.0925 e. The minimum Gasteiger partial charge on any atom is -0.0925 e. The average molecular weight is 245 g/mol. The highest BCUT2D eigenvalue weighted by Crippen LogP contribution is 2.62. The summed E-state index contributed by atoms with van der Waals surface area (Å²) in [6.07, 6.45) is 4.51. The number of halogens is 1. The molecule has 13 heavy (non-hydrogen) atoms. The van der Waals surface area contributed by atoms with E-state index in [1.165, 1.54) is 24.6 Å². The predicted octanol–water partition coefficient (Wildman–Crippen LogP) is 4.09. The molecule has 0 aromatic heterocycles. The highest BCUT2D eigenvalue weighted by molar-refractivity contribution is 9.09. The molecular formula is C12H21Br. The van der Waals surface area contributed by atoms with Gasteiger partial charge >= 0.3 is 0 Å². The van der Waals surface area contributed by atoms with Crippen LogP contribution in [0.1, 0.15) is 40.0 Å². The lowest BCUT2D eigenvalue weighted by atomic mass is 9.44. The SMILES string of the molecule is CC(CBr)C1CC[C@H]2C[C@@H]1C2(C)C. The quantitative estimate of drug-likeness (QED) is 0.643. The third-order valence-electron chi connectivity index (χ3n) is 4.89. The van der Waals surface area contributed by atoms with Crippen LogP contribution < -0.4 is 0 Å². The van der Waals surface area contributed by atoms with Gasteiger partial charge < -0.3 is 0 Å². The molecule has 0 heterocycles. The third-order valence-corrected chi connectivity index (χ3v) is 5.91. The second-order valence-corrected chi connectivity index (χ2v) is 6.38. The maximum Gasteiger partial charge on any atom is 0.00597 e. The van der Waals surface area contributed by atoms with Gasteiger partial charge in [-0.3, -0.25) is 0 Å². The Morgan fingerprint density at radius 1 is 1.38 bits per heavy atom. The van der Waals surface area contributed by atoms with E-state index in [-0.39, 0.29) is 0 Å². The first kappa shape index (κ1) is 10.0. The summed E-state index contributed by atoms with van der Waals surface area (Å²) in [6, 6.07) is 0. The van der Waals surface area contributed by atoms with Crippen LogP contribution >= 0.6 is 15.9 Å². The molecule has 1 heteroatoms. The van der Waals surface area contributed by atoms with Gasteiger partial charge in [-0.25, -0.2) is 0 Å². The molecular weight excluding hydrogens is 224 g/mol. The summed E-state index contributed by atoms with van der Waals surface area (Å²) in [5.74, 6) is 3.96. The van der Waals surface area contributed by atoms with E-state index in [0.29, 0.717) is 5.41 Å². The summed E-state index contributed by atoms with van der Waals surface area (Å²) in [7, 11) is 0. The van der Waals surface area contributed by atoms with Crippen LogP contribution in [0.4, 0.5) is 0 Å². The van der Waals surface area contributed by atoms with E-state index in [1.54, 1.807) is 0 Å². The van der Waals surface area contributed by atoms with Gasteiger partial charge in [-0.1, -0.05) is 36.7 Å². The molecule has 3 rings (SSSR count). The minimum absolute atomic E-state index is 0.666. The molecule has 3 saturated carbocycles. The van der Waals surface area contributed by atoms with Crippen LogP contribution in [0.5, 0.6) is 0 Å². The molecule has 3 aliphatic carbocycles. The lowest BCUT2D eigenvalue weighted by molar-refractivity contribution is -0.116. The van der Waals surface area contributed by atoms with Gasteiger partial charge in [0.2, 0.25) is 0 Å². The summed E-state index contributed by atoms with van der Waals surface area (Å²) < 4.78 is 0. The second-order valence-electron chi connectivity index (χ2n) is 5.73. The standard InChI is InChI=1S/C12H21Br/c1-8(7-13)10-5-4-9-6-11(10)12(9,2)3/h8-11H,4-7H2,1-3H3/t8?,9-,10?,11-/m0/s1. The highest BCUT2D eigenvalue weighted by Gasteiger charge is 2.54. The zero-order valence-corrected chi connectivity index (χ0v) is 10.6. The van der Waals surface area contributed by atoms with Crippen LogP contribution in [0.2, 0.25) is 0 Å². The predicted molar refractivity (Wildman–Crippen MR) is 61.1 cm³/mol. The van der Waals surface area contributed by atoms with Gasteiger partial charge in [0.05, 0.1) is 0 Å². The molecule has 0 aromatic rings. The van der Waals surface area contributed by atoms with Crippen LogP contribution in [0.25, 0.3) is 0 Å². The Hall–Kier alpha value is 0.480. The van der Waals surface area contributed by atoms with Crippen molar-refractivity contribution in [2.45, 2.75) is 40.0 Å². The van der Waals surface area contributed by atoms with Crippen molar-refractivity contribution in [2.24, 2.45) is 29.1 Å². The molecule has 0 spiro atoms. The molecule has 3 aliphatic rings. The van der Waals surface area contributed by atoms with Gasteiger partial charge in [0.1, 0.15) is 0 Å². The fourth-order valence-corrected chi connectivity index (χ4v) is 4.14. The van der Waals surface area contributed by atoms with Crippen LogP contribution in [0.15, 0.2) is 0 Å². The Morgan fingerprint density at radius 2 is 2.08 bits per heavy atom. The van der Waals surface area contributed by atoms with Crippen LogP contribution in [-0.2, 0) is 0 Å². The normalized spacial score (nSPS) is 43.8. The first-order valence-electron chi connectivity index (χ1n) is 5.63. The zero-order valence-electron chi connectivity index (χ0n) is 9.02. The van der Waals surface area contributed by atoms with Crippen molar-refractivity contribution in [3.05, 3.63) is 0 Å². The number of hydrogen-bond donors (Lipinski definition) is 0. The Morgan fingerprint density at radius 3 is 2.54 bits per heavy atom. The van der Waals surface area contributed by atoms with Gasteiger partial charge in [-0.2, -0.15) is 0 Å². The molecule has 0 N–H and O–H groups in total. The maximum absolute atomic E-state index is 3.63. The van der Waals surface area contributed by atoms with Gasteiger partial charge in [-0.05, 0) is 48.3 Å². The Bertz CT molecular complexity index is 195. The topological polar surface area (TPSA) is 0 Å². The molecule has 76 valence electrons. The highest BCUT2D eigenvalue weighted by atomic mass is 79.9. The third kappa shape index (κ3) is 1.38. The fraction of sp³-hybridized carbons (Fsp3) is 1.00. The number of fused-ring (bicyclic) bond motifs is 2. The van der Waals surface area contributed by atoms with E-state index in [0.717, 1.165) is 23.7 Å². The van der Waals surface area contributed by atoms with E-state index in [4.69, 9.17) is 0 Å². The molecule has 0 radical (unpaired) electrons. The Balaban J connectivity index is 2.07. The van der Waals surface area contributed by atoms with Crippen LogP contribution in [-0.4, -0.2) is 5.33 Å². The average Bonchev–Trinajstić information content (AvgIpc) is 2.16. The Labute approximate surface area is 90.6 Å². The smallest absolute Gasteiger partial charge is 0.00597 e. The minimum atomic E-state index is 0.666. The van der Waals surface area contributed by atoms with Crippen molar-refractivity contribution < 1.29 is 0 Å². The number of hydrogen-bond acceptors (Lipinski definition) is 0. The summed E-state index contributed by atoms with van der Waals surface area (Å²) in [5, 5.41) is 1.19. The van der Waals surface area contributed by atoms with E-state index >= 15 is 0 Å². The van der Waals surface area contributed by atoms with Gasteiger partial charge in [0, 0.05) is 5.33 Å². The summed E-state index contributed by atoms with van der Waals surface area (Å²) in [4.78, 5) is 0. The van der Waals surface area contributed by atoms with E-state index < -0.39 is 0 Å². The van der Waals surface area contributed by atoms with E-state index in [9.17, 15) is 0 Å². The van der Waals surface area contributed by atoms with Crippen molar-refractivity contribution in [2.75, 3.05) is 5.33 Å². The maximum atomic E-state index is 3.63. The monoisotopic (exact) mass is 244 g/mol. The second kappa shape index (κ2) is 3.25. The van der Waals surface area contributed by atoms with Crippen molar-refractivity contribution in [1.82, 2.24) is 0 Å². The molecule has 2 unspecified atom stereocenters. The van der Waals surface area contributed by atoms with Gasteiger partial charge in [0.15, 0.2) is 0 Å². The number of alkyl halides is 1. The van der Waals surface area contributed by atoms with Crippen LogP contribution in [0.3, 0.4) is 0 Å². The lowest BCUT2D eigenvalue weighted by Gasteiger charge is -2.61. The molecule has 0 aliphatic heterocycles. The summed E-state index contributed by atoms with van der Waals surface area (Å²) >= 11 is 3.63. The lowest BCUT2D eigenvalue weighted by Crippen LogP contribution is -2.53. The van der Waals surface area contributed by atoms with Gasteiger partial charge in [0.25, 0.3) is 0 Å². The fourth-order valence-electron chi connectivity index (χ4n) is 3.66. The van der Waals surface area contributed by atoms with Gasteiger partial charge in [-0.15, -0.1) is 0 Å². The van der Waals surface area contributed by atoms with Crippen molar-refractivity contribution in [3.63, 3.8) is 0 Å². The van der Waals surface area contributed by atoms with Crippen molar-refractivity contribution >= 4 is 15.9 Å². The van der Waals surface area contributed by atoms with E-state index in [2.05, 4.69) is 36.7 Å². The number of rotatable bonds is 2. The molecule has 3 fully saturated rings. The molecule has 2 bridgehead atoms. The summed E-state index contributed by atoms with van der Waals surface area (Å²) in [6.45, 7) is 7.38. The first-order chi connectivity index (χ1) is 6.07. The summed E-state index contributed by atoms with van der Waals surface area (Å²) in [5.41, 5.74) is 0.666. The zero-order chi connectivity index (χ0) is 9.64. The molecule has 0 amide bonds. The molecule has 0 nitrogen and oxygen atoms in total. The molecule has 0 saturated heterocycles. The van der Waals surface area contributed by atoms with Crippen LogP contribution in [0, 0.1) is 29.1 Å². The molecule has 4 atom stereocenters. The van der Waals surface area contributed by atoms with Crippen molar-refractivity contribution in [1.29, 1.82) is 0 Å². The van der Waals surface area contributed by atoms with E-state index in [1.807, 2.05) is 0 Å². The Kier molecular flexibility index (Phi) is 2.51. The van der Waals surface area contributed by atoms with Crippen molar-refractivity contribution in [3.8, 4) is 0 Å².